The second-order valence-corrected chi connectivity index (χ2v) is 6.78. The number of fused-ring (bicyclic) bond motifs is 1. The van der Waals surface area contributed by atoms with Gasteiger partial charge in [-0.2, -0.15) is 0 Å². The SMILES string of the molecule is COc1ccc2cc(-c3nnc([C@H]4CN(C)C[C@@H](C)O4)o3)c(C)nc2c1. The molecular weight excluding hydrogens is 332 g/mol. The van der Waals surface area contributed by atoms with Gasteiger partial charge in [0.15, 0.2) is 0 Å². The first kappa shape index (κ1) is 16.9. The maximum atomic E-state index is 5.95. The van der Waals surface area contributed by atoms with E-state index in [-0.39, 0.29) is 12.2 Å². The molecule has 0 aliphatic carbocycles. The molecule has 0 saturated carbocycles. The van der Waals surface area contributed by atoms with E-state index in [4.69, 9.17) is 13.9 Å². The second kappa shape index (κ2) is 6.66. The number of aryl methyl sites for hydroxylation is 1. The molecule has 7 nitrogen and oxygen atoms in total. The van der Waals surface area contributed by atoms with Gasteiger partial charge in [-0.3, -0.25) is 4.98 Å². The monoisotopic (exact) mass is 354 g/mol. The van der Waals surface area contributed by atoms with Crippen molar-refractivity contribution in [1.82, 2.24) is 20.1 Å². The predicted octanol–water partition coefficient (Wildman–Crippen LogP) is 2.99. The fraction of sp³-hybridized carbons (Fsp3) is 0.421. The summed E-state index contributed by atoms with van der Waals surface area (Å²) in [6, 6.07) is 7.82. The van der Waals surface area contributed by atoms with Crippen LogP contribution in [0, 0.1) is 6.92 Å². The molecule has 3 aromatic rings. The first-order valence-electron chi connectivity index (χ1n) is 8.66. The van der Waals surface area contributed by atoms with Crippen LogP contribution in [-0.4, -0.2) is 53.4 Å². The minimum atomic E-state index is -0.206. The molecule has 7 heteroatoms. The minimum absolute atomic E-state index is 0.133. The number of aromatic nitrogens is 3. The van der Waals surface area contributed by atoms with Gasteiger partial charge in [-0.05, 0) is 39.1 Å². The summed E-state index contributed by atoms with van der Waals surface area (Å²) in [7, 11) is 3.71. The molecule has 0 spiro atoms. The summed E-state index contributed by atoms with van der Waals surface area (Å²) >= 11 is 0. The third-order valence-electron chi connectivity index (χ3n) is 4.60. The van der Waals surface area contributed by atoms with Crippen LogP contribution in [0.5, 0.6) is 5.75 Å². The number of morpholine rings is 1. The van der Waals surface area contributed by atoms with Gasteiger partial charge < -0.3 is 18.8 Å². The number of hydrogen-bond acceptors (Lipinski definition) is 7. The van der Waals surface area contributed by atoms with Crippen LogP contribution in [0.2, 0.25) is 0 Å². The number of hydrogen-bond donors (Lipinski definition) is 0. The van der Waals surface area contributed by atoms with Gasteiger partial charge in [0.2, 0.25) is 11.8 Å². The van der Waals surface area contributed by atoms with Crippen molar-refractivity contribution in [3.63, 3.8) is 0 Å². The van der Waals surface area contributed by atoms with E-state index in [1.165, 1.54) is 0 Å². The van der Waals surface area contributed by atoms with Gasteiger partial charge in [-0.15, -0.1) is 10.2 Å². The summed E-state index contributed by atoms with van der Waals surface area (Å²) in [5, 5.41) is 9.44. The second-order valence-electron chi connectivity index (χ2n) is 6.78. The van der Waals surface area contributed by atoms with Gasteiger partial charge in [0.05, 0.1) is 30.0 Å². The molecule has 1 saturated heterocycles. The summed E-state index contributed by atoms with van der Waals surface area (Å²) in [4.78, 5) is 6.87. The Hall–Kier alpha value is -2.51. The molecule has 1 aliphatic heterocycles. The maximum absolute atomic E-state index is 5.95. The molecule has 0 bridgehead atoms. The molecule has 0 unspecified atom stereocenters. The molecule has 136 valence electrons. The van der Waals surface area contributed by atoms with Gasteiger partial charge in [0.25, 0.3) is 0 Å². The number of methoxy groups -OCH3 is 1. The van der Waals surface area contributed by atoms with E-state index in [1.54, 1.807) is 7.11 Å². The maximum Gasteiger partial charge on any atom is 0.249 e. The fourth-order valence-electron chi connectivity index (χ4n) is 3.36. The lowest BCUT2D eigenvalue weighted by Crippen LogP contribution is -2.40. The summed E-state index contributed by atoms with van der Waals surface area (Å²) in [6.45, 7) is 5.62. The molecule has 2 atom stereocenters. The lowest BCUT2D eigenvalue weighted by Gasteiger charge is -2.32. The van der Waals surface area contributed by atoms with Crippen molar-refractivity contribution < 1.29 is 13.9 Å². The van der Waals surface area contributed by atoms with E-state index in [1.807, 2.05) is 38.1 Å². The molecule has 2 aromatic heterocycles. The quantitative estimate of drug-likeness (QED) is 0.716. The number of ether oxygens (including phenoxy) is 2. The number of likely N-dealkylation sites (N-methyl/N-ethyl adjacent to an activating group) is 1. The van der Waals surface area contributed by atoms with Crippen LogP contribution >= 0.6 is 0 Å². The lowest BCUT2D eigenvalue weighted by molar-refractivity contribution is -0.0821. The average molecular weight is 354 g/mol. The van der Waals surface area contributed by atoms with Crippen LogP contribution in [0.25, 0.3) is 22.4 Å². The number of nitrogens with zero attached hydrogens (tertiary/aromatic N) is 4. The normalized spacial score (nSPS) is 21.2. The van der Waals surface area contributed by atoms with Gasteiger partial charge in [-0.1, -0.05) is 0 Å². The highest BCUT2D eigenvalue weighted by atomic mass is 16.5. The largest absolute Gasteiger partial charge is 0.497 e. The molecule has 1 fully saturated rings. The van der Waals surface area contributed by atoms with Crippen LogP contribution in [-0.2, 0) is 4.74 Å². The molecule has 1 aliphatic rings. The van der Waals surface area contributed by atoms with Crippen molar-refractivity contribution in [3.05, 3.63) is 35.9 Å². The van der Waals surface area contributed by atoms with Gasteiger partial charge in [-0.25, -0.2) is 0 Å². The Kier molecular flexibility index (Phi) is 4.34. The van der Waals surface area contributed by atoms with Crippen LogP contribution in [0.1, 0.15) is 24.6 Å². The van der Waals surface area contributed by atoms with Gasteiger partial charge >= 0.3 is 0 Å². The zero-order valence-corrected chi connectivity index (χ0v) is 15.4. The summed E-state index contributed by atoms with van der Waals surface area (Å²) < 4.78 is 17.2. The highest BCUT2D eigenvalue weighted by Crippen LogP contribution is 2.30. The molecule has 0 N–H and O–H groups in total. The smallest absolute Gasteiger partial charge is 0.249 e. The van der Waals surface area contributed by atoms with Gasteiger partial charge in [0, 0.05) is 24.5 Å². The zero-order valence-electron chi connectivity index (χ0n) is 15.4. The highest BCUT2D eigenvalue weighted by Gasteiger charge is 2.29. The van der Waals surface area contributed by atoms with Crippen molar-refractivity contribution in [2.75, 3.05) is 27.2 Å². The van der Waals surface area contributed by atoms with E-state index in [2.05, 4.69) is 27.1 Å². The molecule has 26 heavy (non-hydrogen) atoms. The Morgan fingerprint density at radius 3 is 2.81 bits per heavy atom. The van der Waals surface area contributed by atoms with Crippen LogP contribution < -0.4 is 4.74 Å². The fourth-order valence-corrected chi connectivity index (χ4v) is 3.36. The standard InChI is InChI=1S/C19H22N4O3/c1-11-9-23(3)10-17(25-11)19-22-21-18(26-19)15-7-13-5-6-14(24-4)8-16(13)20-12(15)2/h5-8,11,17H,9-10H2,1-4H3/t11-,17-/m1/s1. The Balaban J connectivity index is 1.67. The van der Waals surface area contributed by atoms with E-state index in [9.17, 15) is 0 Å². The van der Waals surface area contributed by atoms with Crippen molar-refractivity contribution in [1.29, 1.82) is 0 Å². The van der Waals surface area contributed by atoms with Crippen LogP contribution in [0.3, 0.4) is 0 Å². The third kappa shape index (κ3) is 3.15. The first-order chi connectivity index (χ1) is 12.5. The predicted molar refractivity (Wildman–Crippen MR) is 97.1 cm³/mol. The zero-order chi connectivity index (χ0) is 18.3. The van der Waals surface area contributed by atoms with Crippen molar-refractivity contribution in [3.8, 4) is 17.2 Å². The number of benzene rings is 1. The Labute approximate surface area is 151 Å². The Morgan fingerprint density at radius 1 is 1.19 bits per heavy atom. The average Bonchev–Trinajstić information content (AvgIpc) is 3.09. The third-order valence-corrected chi connectivity index (χ3v) is 4.60. The van der Waals surface area contributed by atoms with Crippen molar-refractivity contribution in [2.24, 2.45) is 0 Å². The molecule has 1 aromatic carbocycles. The molecular formula is C19H22N4O3. The lowest BCUT2D eigenvalue weighted by atomic mass is 10.1. The van der Waals surface area contributed by atoms with Crippen LogP contribution in [0.4, 0.5) is 0 Å². The Bertz CT molecular complexity index is 930. The number of rotatable bonds is 3. The molecule has 3 heterocycles. The van der Waals surface area contributed by atoms with E-state index < -0.39 is 0 Å². The van der Waals surface area contributed by atoms with Crippen molar-refractivity contribution >= 4 is 10.9 Å². The molecule has 0 radical (unpaired) electrons. The summed E-state index contributed by atoms with van der Waals surface area (Å²) in [5.74, 6) is 1.75. The minimum Gasteiger partial charge on any atom is -0.497 e. The van der Waals surface area contributed by atoms with E-state index >= 15 is 0 Å². The molecule has 4 rings (SSSR count). The van der Waals surface area contributed by atoms with Gasteiger partial charge in [0.1, 0.15) is 11.9 Å². The first-order valence-corrected chi connectivity index (χ1v) is 8.66. The number of pyridine rings is 1. The van der Waals surface area contributed by atoms with Crippen molar-refractivity contribution in [2.45, 2.75) is 26.1 Å². The van der Waals surface area contributed by atoms with E-state index in [0.717, 1.165) is 41.0 Å². The highest BCUT2D eigenvalue weighted by molar-refractivity contribution is 5.84. The topological polar surface area (TPSA) is 73.5 Å². The summed E-state index contributed by atoms with van der Waals surface area (Å²) in [6.07, 6.45) is -0.0730. The van der Waals surface area contributed by atoms with E-state index in [0.29, 0.717) is 11.8 Å². The summed E-state index contributed by atoms with van der Waals surface area (Å²) in [5.41, 5.74) is 2.53. The Morgan fingerprint density at radius 2 is 2.04 bits per heavy atom. The van der Waals surface area contributed by atoms with Crippen LogP contribution in [0.15, 0.2) is 28.7 Å². The molecule has 0 amide bonds.